The molecule has 2 heteroatoms. The van der Waals surface area contributed by atoms with Gasteiger partial charge >= 0.3 is 0 Å². The average Bonchev–Trinajstić information content (AvgIpc) is 2.15. The number of unbranched alkanes of at least 4 members (excludes halogenated alkanes) is 1. The molecule has 0 aromatic carbocycles. The molecule has 0 aliphatic rings. The number of hydrogen-bond acceptors (Lipinski definition) is 2. The molecule has 0 aliphatic heterocycles. The highest BCUT2D eigenvalue weighted by Crippen LogP contribution is 2.03. The molecule has 0 aliphatic carbocycles. The van der Waals surface area contributed by atoms with Crippen molar-refractivity contribution in [3.8, 4) is 0 Å². The molecule has 0 spiro atoms. The van der Waals surface area contributed by atoms with E-state index in [9.17, 15) is 0 Å². The van der Waals surface area contributed by atoms with Crippen LogP contribution in [0.25, 0.3) is 0 Å². The van der Waals surface area contributed by atoms with Crippen LogP contribution in [0, 0.1) is 5.92 Å². The fraction of sp³-hybridized carbons (Fsp3) is 1.00. The zero-order valence-corrected chi connectivity index (χ0v) is 10.1. The molecule has 0 saturated heterocycles. The SMILES string of the molecule is CCNCCCCOCCCC(C)C. The Labute approximate surface area is 89.4 Å². The Morgan fingerprint density at radius 2 is 1.79 bits per heavy atom. The van der Waals surface area contributed by atoms with Crippen LogP contribution >= 0.6 is 0 Å². The maximum Gasteiger partial charge on any atom is 0.0466 e. The highest BCUT2D eigenvalue weighted by atomic mass is 16.5. The number of nitrogens with one attached hydrogen (secondary N) is 1. The van der Waals surface area contributed by atoms with Gasteiger partial charge in [-0.3, -0.25) is 0 Å². The molecule has 0 bridgehead atoms. The first-order valence-electron chi connectivity index (χ1n) is 6.05. The van der Waals surface area contributed by atoms with Gasteiger partial charge in [-0.1, -0.05) is 20.8 Å². The Morgan fingerprint density at radius 3 is 2.43 bits per heavy atom. The number of hydrogen-bond donors (Lipinski definition) is 1. The van der Waals surface area contributed by atoms with Crippen molar-refractivity contribution in [3.63, 3.8) is 0 Å². The summed E-state index contributed by atoms with van der Waals surface area (Å²) in [5.41, 5.74) is 0. The van der Waals surface area contributed by atoms with Gasteiger partial charge < -0.3 is 10.1 Å². The maximum absolute atomic E-state index is 5.54. The van der Waals surface area contributed by atoms with E-state index in [1.807, 2.05) is 0 Å². The van der Waals surface area contributed by atoms with Crippen LogP contribution < -0.4 is 5.32 Å². The third-order valence-corrected chi connectivity index (χ3v) is 2.21. The molecule has 0 heterocycles. The van der Waals surface area contributed by atoms with E-state index in [0.717, 1.165) is 32.2 Å². The van der Waals surface area contributed by atoms with Crippen LogP contribution in [0.4, 0.5) is 0 Å². The second kappa shape index (κ2) is 11.0. The molecular formula is C12H27NO. The van der Waals surface area contributed by atoms with Gasteiger partial charge in [0.1, 0.15) is 0 Å². The molecule has 0 unspecified atom stereocenters. The highest BCUT2D eigenvalue weighted by Gasteiger charge is 1.94. The van der Waals surface area contributed by atoms with Crippen LogP contribution in [-0.4, -0.2) is 26.3 Å². The van der Waals surface area contributed by atoms with Crippen molar-refractivity contribution in [2.75, 3.05) is 26.3 Å². The van der Waals surface area contributed by atoms with Crippen molar-refractivity contribution < 1.29 is 4.74 Å². The third kappa shape index (κ3) is 11.9. The number of ether oxygens (including phenoxy) is 1. The van der Waals surface area contributed by atoms with Crippen LogP contribution in [0.1, 0.15) is 46.5 Å². The summed E-state index contributed by atoms with van der Waals surface area (Å²) in [7, 11) is 0. The average molecular weight is 201 g/mol. The summed E-state index contributed by atoms with van der Waals surface area (Å²) in [6.07, 6.45) is 4.93. The molecule has 0 aromatic heterocycles. The zero-order chi connectivity index (χ0) is 10.6. The normalized spacial score (nSPS) is 11.1. The van der Waals surface area contributed by atoms with Crippen LogP contribution in [0.2, 0.25) is 0 Å². The van der Waals surface area contributed by atoms with Crippen molar-refractivity contribution in [2.45, 2.75) is 46.5 Å². The van der Waals surface area contributed by atoms with E-state index < -0.39 is 0 Å². The van der Waals surface area contributed by atoms with Crippen LogP contribution in [-0.2, 0) is 4.74 Å². The predicted molar refractivity (Wildman–Crippen MR) is 62.7 cm³/mol. The summed E-state index contributed by atoms with van der Waals surface area (Å²) in [6, 6.07) is 0. The Kier molecular flexibility index (Phi) is 10.9. The summed E-state index contributed by atoms with van der Waals surface area (Å²) >= 11 is 0. The van der Waals surface area contributed by atoms with Gasteiger partial charge in [-0.05, 0) is 44.7 Å². The molecule has 0 fully saturated rings. The fourth-order valence-corrected chi connectivity index (χ4v) is 1.33. The van der Waals surface area contributed by atoms with E-state index >= 15 is 0 Å². The summed E-state index contributed by atoms with van der Waals surface area (Å²) < 4.78 is 5.54. The fourth-order valence-electron chi connectivity index (χ4n) is 1.33. The highest BCUT2D eigenvalue weighted by molar-refractivity contribution is 4.46. The van der Waals surface area contributed by atoms with Gasteiger partial charge in [-0.25, -0.2) is 0 Å². The summed E-state index contributed by atoms with van der Waals surface area (Å²) in [6.45, 7) is 10.7. The Hall–Kier alpha value is -0.0800. The molecule has 1 N–H and O–H groups in total. The zero-order valence-electron chi connectivity index (χ0n) is 10.1. The molecule has 2 nitrogen and oxygen atoms in total. The molecule has 0 rings (SSSR count). The lowest BCUT2D eigenvalue weighted by molar-refractivity contribution is 0.124. The van der Waals surface area contributed by atoms with Gasteiger partial charge in [0.05, 0.1) is 0 Å². The molecule has 0 aromatic rings. The maximum atomic E-state index is 5.54. The van der Waals surface area contributed by atoms with E-state index in [1.165, 1.54) is 25.7 Å². The Balaban J connectivity index is 2.85. The van der Waals surface area contributed by atoms with Crippen LogP contribution in [0.5, 0.6) is 0 Å². The first kappa shape index (κ1) is 13.9. The topological polar surface area (TPSA) is 21.3 Å². The van der Waals surface area contributed by atoms with Crippen molar-refractivity contribution in [3.05, 3.63) is 0 Å². The van der Waals surface area contributed by atoms with E-state index in [-0.39, 0.29) is 0 Å². The van der Waals surface area contributed by atoms with Gasteiger partial charge in [-0.2, -0.15) is 0 Å². The smallest absolute Gasteiger partial charge is 0.0466 e. The molecule has 0 amide bonds. The second-order valence-electron chi connectivity index (χ2n) is 4.21. The minimum Gasteiger partial charge on any atom is -0.381 e. The van der Waals surface area contributed by atoms with Gasteiger partial charge in [0.2, 0.25) is 0 Å². The van der Waals surface area contributed by atoms with Gasteiger partial charge in [0, 0.05) is 13.2 Å². The van der Waals surface area contributed by atoms with Crippen molar-refractivity contribution in [2.24, 2.45) is 5.92 Å². The first-order valence-corrected chi connectivity index (χ1v) is 6.05. The Morgan fingerprint density at radius 1 is 1.07 bits per heavy atom. The molecular weight excluding hydrogens is 174 g/mol. The van der Waals surface area contributed by atoms with E-state index in [4.69, 9.17) is 4.74 Å². The van der Waals surface area contributed by atoms with E-state index in [0.29, 0.717) is 0 Å². The third-order valence-electron chi connectivity index (χ3n) is 2.21. The predicted octanol–water partition coefficient (Wildman–Crippen LogP) is 2.83. The standard InChI is InChI=1S/C12H27NO/c1-4-13-9-5-6-10-14-11-7-8-12(2)3/h12-13H,4-11H2,1-3H3. The quantitative estimate of drug-likeness (QED) is 0.549. The lowest BCUT2D eigenvalue weighted by atomic mass is 10.1. The molecule has 0 atom stereocenters. The van der Waals surface area contributed by atoms with Crippen molar-refractivity contribution in [1.82, 2.24) is 5.32 Å². The second-order valence-corrected chi connectivity index (χ2v) is 4.21. The van der Waals surface area contributed by atoms with Gasteiger partial charge in [0.25, 0.3) is 0 Å². The van der Waals surface area contributed by atoms with Crippen molar-refractivity contribution >= 4 is 0 Å². The van der Waals surface area contributed by atoms with Crippen LogP contribution in [0.3, 0.4) is 0 Å². The van der Waals surface area contributed by atoms with Gasteiger partial charge in [-0.15, -0.1) is 0 Å². The summed E-state index contributed by atoms with van der Waals surface area (Å²) in [5.74, 6) is 0.812. The monoisotopic (exact) mass is 201 g/mol. The molecule has 14 heavy (non-hydrogen) atoms. The van der Waals surface area contributed by atoms with Crippen molar-refractivity contribution in [1.29, 1.82) is 0 Å². The number of rotatable bonds is 10. The summed E-state index contributed by atoms with van der Waals surface area (Å²) in [4.78, 5) is 0. The molecule has 0 radical (unpaired) electrons. The lowest BCUT2D eigenvalue weighted by Gasteiger charge is -2.06. The molecule has 86 valence electrons. The lowest BCUT2D eigenvalue weighted by Crippen LogP contribution is -2.14. The molecule has 0 saturated carbocycles. The largest absolute Gasteiger partial charge is 0.381 e. The summed E-state index contributed by atoms with van der Waals surface area (Å²) in [5, 5.41) is 3.31. The van der Waals surface area contributed by atoms with Crippen LogP contribution in [0.15, 0.2) is 0 Å². The first-order chi connectivity index (χ1) is 6.77. The van der Waals surface area contributed by atoms with E-state index in [2.05, 4.69) is 26.1 Å². The minimum absolute atomic E-state index is 0.812. The minimum atomic E-state index is 0.812. The Bertz CT molecular complexity index is 104. The van der Waals surface area contributed by atoms with Gasteiger partial charge in [0.15, 0.2) is 0 Å². The van der Waals surface area contributed by atoms with E-state index in [1.54, 1.807) is 0 Å².